The average molecular weight is 338 g/mol. The molecule has 19 heavy (non-hydrogen) atoms. The zero-order valence-corrected chi connectivity index (χ0v) is 12.4. The lowest BCUT2D eigenvalue weighted by molar-refractivity contribution is 0.463. The predicted octanol–water partition coefficient (Wildman–Crippen LogP) is 5.30. The molecule has 0 saturated carbocycles. The molecule has 0 aliphatic heterocycles. The Hall–Kier alpha value is -0.800. The number of aromatic hydroxyl groups is 2. The maximum atomic E-state index is 9.85. The molecule has 0 atom stereocenters. The van der Waals surface area contributed by atoms with Crippen molar-refractivity contribution >= 4 is 46.4 Å². The summed E-state index contributed by atoms with van der Waals surface area (Å²) >= 11 is 23.6. The van der Waals surface area contributed by atoms with Gasteiger partial charge in [0.1, 0.15) is 11.5 Å². The van der Waals surface area contributed by atoms with Crippen LogP contribution in [0.1, 0.15) is 11.1 Å². The molecular weight excluding hydrogens is 330 g/mol. The molecule has 2 aromatic carbocycles. The molecule has 100 valence electrons. The molecule has 0 radical (unpaired) electrons. The number of hydrogen-bond acceptors (Lipinski definition) is 2. The summed E-state index contributed by atoms with van der Waals surface area (Å²) < 4.78 is 0. The number of rotatable bonds is 2. The van der Waals surface area contributed by atoms with E-state index in [1.165, 1.54) is 24.3 Å². The van der Waals surface area contributed by atoms with Crippen molar-refractivity contribution in [2.24, 2.45) is 0 Å². The molecule has 0 bridgehead atoms. The Morgan fingerprint density at radius 3 is 1.37 bits per heavy atom. The van der Waals surface area contributed by atoms with E-state index in [2.05, 4.69) is 0 Å². The van der Waals surface area contributed by atoms with Gasteiger partial charge >= 0.3 is 0 Å². The standard InChI is InChI=1S/C13H8Cl4O2/c14-6-1-10(16)8(12(18)3-6)5-9-11(17)2-7(15)4-13(9)19/h1-4,18-19H,5H2. The van der Waals surface area contributed by atoms with Crippen LogP contribution >= 0.6 is 46.4 Å². The van der Waals surface area contributed by atoms with E-state index in [-0.39, 0.29) is 17.9 Å². The molecule has 0 aromatic heterocycles. The molecule has 2 N–H and O–H groups in total. The van der Waals surface area contributed by atoms with E-state index in [0.29, 0.717) is 31.2 Å². The lowest BCUT2D eigenvalue weighted by Gasteiger charge is -2.11. The van der Waals surface area contributed by atoms with E-state index in [9.17, 15) is 10.2 Å². The van der Waals surface area contributed by atoms with Gasteiger partial charge in [-0.2, -0.15) is 0 Å². The monoisotopic (exact) mass is 336 g/mol. The highest BCUT2D eigenvalue weighted by Gasteiger charge is 2.15. The van der Waals surface area contributed by atoms with Crippen LogP contribution in [0.25, 0.3) is 0 Å². The SMILES string of the molecule is Oc1cc(Cl)cc(Cl)c1Cc1c(O)cc(Cl)cc1Cl. The van der Waals surface area contributed by atoms with Gasteiger partial charge in [-0.25, -0.2) is 0 Å². The maximum Gasteiger partial charge on any atom is 0.122 e. The fraction of sp³-hybridized carbons (Fsp3) is 0.0769. The first kappa shape index (κ1) is 14.6. The van der Waals surface area contributed by atoms with E-state index in [1.54, 1.807) is 0 Å². The summed E-state index contributed by atoms with van der Waals surface area (Å²) in [5.41, 5.74) is 0.871. The molecule has 2 nitrogen and oxygen atoms in total. The Balaban J connectivity index is 2.48. The highest BCUT2D eigenvalue weighted by atomic mass is 35.5. The first-order valence-corrected chi connectivity index (χ1v) is 6.73. The number of phenols is 2. The van der Waals surface area contributed by atoms with Crippen molar-refractivity contribution < 1.29 is 10.2 Å². The second-order valence-electron chi connectivity index (χ2n) is 3.95. The summed E-state index contributed by atoms with van der Waals surface area (Å²) in [5, 5.41) is 21.0. The van der Waals surface area contributed by atoms with Crippen molar-refractivity contribution in [3.63, 3.8) is 0 Å². The molecule has 0 aliphatic rings. The molecule has 0 unspecified atom stereocenters. The maximum absolute atomic E-state index is 9.85. The fourth-order valence-electron chi connectivity index (χ4n) is 1.71. The summed E-state index contributed by atoms with van der Waals surface area (Å²) in [6.45, 7) is 0. The number of halogens is 4. The van der Waals surface area contributed by atoms with Crippen molar-refractivity contribution in [1.82, 2.24) is 0 Å². The van der Waals surface area contributed by atoms with Crippen LogP contribution in [0.3, 0.4) is 0 Å². The smallest absolute Gasteiger partial charge is 0.122 e. The topological polar surface area (TPSA) is 40.5 Å². The van der Waals surface area contributed by atoms with Crippen molar-refractivity contribution in [3.05, 3.63) is 55.5 Å². The minimum Gasteiger partial charge on any atom is -0.508 e. The van der Waals surface area contributed by atoms with E-state index < -0.39 is 0 Å². The molecule has 0 spiro atoms. The molecule has 6 heteroatoms. The Labute approximate surface area is 130 Å². The van der Waals surface area contributed by atoms with Crippen LogP contribution in [0.2, 0.25) is 20.1 Å². The molecule has 0 aliphatic carbocycles. The number of hydrogen-bond donors (Lipinski definition) is 2. The summed E-state index contributed by atoms with van der Waals surface area (Å²) in [6.07, 6.45) is 0.170. The van der Waals surface area contributed by atoms with Gasteiger partial charge in [-0.15, -0.1) is 0 Å². The Morgan fingerprint density at radius 2 is 1.05 bits per heavy atom. The lowest BCUT2D eigenvalue weighted by atomic mass is 10.0. The summed E-state index contributed by atoms with van der Waals surface area (Å²) in [5.74, 6) is -0.106. The third-order valence-electron chi connectivity index (χ3n) is 2.63. The highest BCUT2D eigenvalue weighted by Crippen LogP contribution is 2.37. The molecule has 2 rings (SSSR count). The average Bonchev–Trinajstić information content (AvgIpc) is 2.25. The van der Waals surface area contributed by atoms with E-state index in [4.69, 9.17) is 46.4 Å². The number of benzene rings is 2. The first-order chi connectivity index (χ1) is 8.88. The zero-order chi connectivity index (χ0) is 14.2. The van der Waals surface area contributed by atoms with Crippen LogP contribution < -0.4 is 0 Å². The summed E-state index contributed by atoms with van der Waals surface area (Å²) in [7, 11) is 0. The normalized spacial score (nSPS) is 10.7. The van der Waals surface area contributed by atoms with Crippen LogP contribution in [0.4, 0.5) is 0 Å². The quantitative estimate of drug-likeness (QED) is 0.780. The highest BCUT2D eigenvalue weighted by molar-refractivity contribution is 6.36. The van der Waals surface area contributed by atoms with Crippen LogP contribution in [0.15, 0.2) is 24.3 Å². The Bertz CT molecular complexity index is 539. The van der Waals surface area contributed by atoms with Gasteiger partial charge in [-0.3, -0.25) is 0 Å². The summed E-state index contributed by atoms with van der Waals surface area (Å²) in [4.78, 5) is 0. The molecule has 0 heterocycles. The van der Waals surface area contributed by atoms with Gasteiger partial charge < -0.3 is 10.2 Å². The first-order valence-electron chi connectivity index (χ1n) is 5.22. The van der Waals surface area contributed by atoms with Gasteiger partial charge in [-0.05, 0) is 24.3 Å². The Morgan fingerprint density at radius 1 is 0.684 bits per heavy atom. The van der Waals surface area contributed by atoms with Gasteiger partial charge in [0.2, 0.25) is 0 Å². The van der Waals surface area contributed by atoms with Crippen molar-refractivity contribution in [1.29, 1.82) is 0 Å². The largest absolute Gasteiger partial charge is 0.508 e. The van der Waals surface area contributed by atoms with E-state index in [0.717, 1.165) is 0 Å². The third kappa shape index (κ3) is 3.21. The van der Waals surface area contributed by atoms with E-state index >= 15 is 0 Å². The van der Waals surface area contributed by atoms with Crippen LogP contribution in [0, 0.1) is 0 Å². The van der Waals surface area contributed by atoms with Gasteiger partial charge in [-0.1, -0.05) is 46.4 Å². The third-order valence-corrected chi connectivity index (χ3v) is 3.74. The van der Waals surface area contributed by atoms with E-state index in [1.807, 2.05) is 0 Å². The minimum atomic E-state index is -0.0529. The molecule has 0 saturated heterocycles. The second kappa shape index (κ2) is 5.68. The summed E-state index contributed by atoms with van der Waals surface area (Å²) in [6, 6.07) is 5.78. The molecular formula is C13H8Cl4O2. The van der Waals surface area contributed by atoms with Gasteiger partial charge in [0.15, 0.2) is 0 Å². The van der Waals surface area contributed by atoms with Crippen LogP contribution in [-0.4, -0.2) is 10.2 Å². The number of phenolic OH excluding ortho intramolecular Hbond substituents is 2. The van der Waals surface area contributed by atoms with Crippen molar-refractivity contribution in [2.75, 3.05) is 0 Å². The molecule has 0 fully saturated rings. The van der Waals surface area contributed by atoms with Gasteiger partial charge in [0.05, 0.1) is 0 Å². The zero-order valence-electron chi connectivity index (χ0n) is 9.42. The Kier molecular flexibility index (Phi) is 4.36. The predicted molar refractivity (Wildman–Crippen MR) is 79.1 cm³/mol. The second-order valence-corrected chi connectivity index (χ2v) is 5.63. The van der Waals surface area contributed by atoms with Crippen molar-refractivity contribution in [3.8, 4) is 11.5 Å². The lowest BCUT2D eigenvalue weighted by Crippen LogP contribution is -1.93. The van der Waals surface area contributed by atoms with Crippen molar-refractivity contribution in [2.45, 2.75) is 6.42 Å². The fourth-order valence-corrected chi connectivity index (χ4v) is 2.81. The van der Waals surface area contributed by atoms with Crippen LogP contribution in [-0.2, 0) is 6.42 Å². The molecule has 0 amide bonds. The van der Waals surface area contributed by atoms with Gasteiger partial charge in [0, 0.05) is 37.6 Å². The van der Waals surface area contributed by atoms with Gasteiger partial charge in [0.25, 0.3) is 0 Å². The minimum absolute atomic E-state index is 0.0529. The molecule has 2 aromatic rings. The van der Waals surface area contributed by atoms with Crippen LogP contribution in [0.5, 0.6) is 11.5 Å².